The van der Waals surface area contributed by atoms with E-state index in [1.807, 2.05) is 24.3 Å². The molecule has 1 saturated heterocycles. The number of hydrogen-bond acceptors (Lipinski definition) is 4. The van der Waals surface area contributed by atoms with Crippen molar-refractivity contribution >= 4 is 38.1 Å². The number of nitrogens with zero attached hydrogens (tertiary/aromatic N) is 2. The van der Waals surface area contributed by atoms with Crippen LogP contribution in [0.25, 0.3) is 0 Å². The Morgan fingerprint density at radius 2 is 1.85 bits per heavy atom. The van der Waals surface area contributed by atoms with Gasteiger partial charge >= 0.3 is 0 Å². The van der Waals surface area contributed by atoms with Crippen LogP contribution < -0.4 is 5.43 Å². The second-order valence-corrected chi connectivity index (χ2v) is 8.75. The van der Waals surface area contributed by atoms with Gasteiger partial charge in [0.15, 0.2) is 0 Å². The third kappa shape index (κ3) is 4.38. The Hall–Kier alpha value is -2.03. The molecule has 0 spiro atoms. The summed E-state index contributed by atoms with van der Waals surface area (Å²) in [4.78, 5) is 12.4. The van der Waals surface area contributed by atoms with Crippen molar-refractivity contribution in [2.24, 2.45) is 5.10 Å². The summed E-state index contributed by atoms with van der Waals surface area (Å²) >= 11 is 3.36. The van der Waals surface area contributed by atoms with E-state index in [1.165, 1.54) is 22.7 Å². The molecule has 0 aromatic heterocycles. The van der Waals surface area contributed by atoms with Crippen LogP contribution in [0.1, 0.15) is 28.8 Å². The summed E-state index contributed by atoms with van der Waals surface area (Å²) in [6.45, 7) is 1.05. The molecule has 6 nitrogen and oxygen atoms in total. The van der Waals surface area contributed by atoms with Crippen molar-refractivity contribution in [3.8, 4) is 0 Å². The van der Waals surface area contributed by atoms with E-state index in [-0.39, 0.29) is 10.5 Å². The maximum atomic E-state index is 12.6. The van der Waals surface area contributed by atoms with Crippen molar-refractivity contribution in [2.45, 2.75) is 17.7 Å². The highest BCUT2D eigenvalue weighted by atomic mass is 79.9. The Morgan fingerprint density at radius 3 is 2.58 bits per heavy atom. The average Bonchev–Trinajstić information content (AvgIpc) is 3.17. The molecule has 136 valence electrons. The molecule has 2 aromatic rings. The number of carbonyl (C=O) groups excluding carboxylic acids is 1. The minimum atomic E-state index is -3.55. The molecule has 2 aromatic carbocycles. The summed E-state index contributed by atoms with van der Waals surface area (Å²) in [5, 5.41) is 3.92. The molecule has 1 heterocycles. The molecule has 1 fully saturated rings. The maximum absolute atomic E-state index is 12.6. The van der Waals surface area contributed by atoms with E-state index >= 15 is 0 Å². The lowest BCUT2D eigenvalue weighted by atomic mass is 10.2. The highest BCUT2D eigenvalue weighted by molar-refractivity contribution is 9.10. The third-order valence-electron chi connectivity index (χ3n) is 4.03. The summed E-state index contributed by atoms with van der Waals surface area (Å²) in [7, 11) is -3.55. The van der Waals surface area contributed by atoms with Crippen molar-refractivity contribution in [1.82, 2.24) is 9.73 Å². The first-order chi connectivity index (χ1) is 12.5. The summed E-state index contributed by atoms with van der Waals surface area (Å²) < 4.78 is 27.6. The monoisotopic (exact) mass is 435 g/mol. The molecule has 0 saturated carbocycles. The fraction of sp³-hybridized carbons (Fsp3) is 0.222. The van der Waals surface area contributed by atoms with Crippen molar-refractivity contribution in [2.75, 3.05) is 13.1 Å². The van der Waals surface area contributed by atoms with Crippen LogP contribution >= 0.6 is 15.9 Å². The molecule has 0 aliphatic carbocycles. The fourth-order valence-electron chi connectivity index (χ4n) is 2.69. The zero-order chi connectivity index (χ0) is 18.6. The molecule has 3 rings (SSSR count). The number of benzene rings is 2. The van der Waals surface area contributed by atoms with E-state index in [1.54, 1.807) is 12.1 Å². The quantitative estimate of drug-likeness (QED) is 0.578. The zero-order valence-corrected chi connectivity index (χ0v) is 16.3. The minimum absolute atomic E-state index is 0.128. The number of hydrazone groups is 1. The third-order valence-corrected chi connectivity index (χ3v) is 6.42. The first-order valence-electron chi connectivity index (χ1n) is 8.16. The topological polar surface area (TPSA) is 78.8 Å². The van der Waals surface area contributed by atoms with Gasteiger partial charge in [0, 0.05) is 23.1 Å². The summed E-state index contributed by atoms with van der Waals surface area (Å²) in [5.41, 5.74) is 3.49. The van der Waals surface area contributed by atoms with Gasteiger partial charge in [-0.1, -0.05) is 34.1 Å². The summed E-state index contributed by atoms with van der Waals surface area (Å²) in [6.07, 6.45) is 3.25. The predicted molar refractivity (Wildman–Crippen MR) is 104 cm³/mol. The number of hydrogen-bond donors (Lipinski definition) is 1. The highest BCUT2D eigenvalue weighted by Gasteiger charge is 2.27. The molecule has 0 bridgehead atoms. The van der Waals surface area contributed by atoms with Crippen molar-refractivity contribution in [3.63, 3.8) is 0 Å². The molecule has 1 aliphatic heterocycles. The summed E-state index contributed by atoms with van der Waals surface area (Å²) in [5.74, 6) is -0.463. The highest BCUT2D eigenvalue weighted by Crippen LogP contribution is 2.21. The standard InChI is InChI=1S/C18H18BrN3O3S/c19-16-7-3-5-14(11-16)13-20-21-18(23)15-6-4-8-17(12-15)26(24,25)22-9-1-2-10-22/h3-8,11-13H,1-2,9-10H2,(H,21,23)/b20-13+. The molecule has 1 amide bonds. The van der Waals surface area contributed by atoms with Crippen LogP contribution in [0.2, 0.25) is 0 Å². The smallest absolute Gasteiger partial charge is 0.267 e. The molecule has 26 heavy (non-hydrogen) atoms. The first kappa shape index (κ1) is 18.8. The number of amides is 1. The van der Waals surface area contributed by atoms with E-state index in [4.69, 9.17) is 0 Å². The number of nitrogens with one attached hydrogen (secondary N) is 1. The molecular weight excluding hydrogens is 418 g/mol. The molecule has 0 unspecified atom stereocenters. The van der Waals surface area contributed by atoms with Gasteiger partial charge in [0.2, 0.25) is 10.0 Å². The fourth-order valence-corrected chi connectivity index (χ4v) is 4.67. The van der Waals surface area contributed by atoms with E-state index in [0.29, 0.717) is 13.1 Å². The second kappa shape index (κ2) is 8.11. The van der Waals surface area contributed by atoms with Gasteiger partial charge in [-0.25, -0.2) is 13.8 Å². The molecular formula is C18H18BrN3O3S. The van der Waals surface area contributed by atoms with Crippen LogP contribution in [0.5, 0.6) is 0 Å². The SMILES string of the molecule is O=C(N/N=C/c1cccc(Br)c1)c1cccc(S(=O)(=O)N2CCCC2)c1. The average molecular weight is 436 g/mol. The molecule has 0 radical (unpaired) electrons. The Balaban J connectivity index is 1.72. The first-order valence-corrected chi connectivity index (χ1v) is 10.4. The molecule has 1 aliphatic rings. The van der Waals surface area contributed by atoms with E-state index in [2.05, 4.69) is 26.5 Å². The predicted octanol–water partition coefficient (Wildman–Crippen LogP) is 3.00. The van der Waals surface area contributed by atoms with Crippen LogP contribution in [0, 0.1) is 0 Å². The lowest BCUT2D eigenvalue weighted by Gasteiger charge is -2.15. The van der Waals surface area contributed by atoms with Crippen molar-refractivity contribution in [1.29, 1.82) is 0 Å². The van der Waals surface area contributed by atoms with Crippen LogP contribution in [0.15, 0.2) is 63.0 Å². The summed E-state index contributed by atoms with van der Waals surface area (Å²) in [6, 6.07) is 13.5. The van der Waals surface area contributed by atoms with Gasteiger partial charge in [-0.15, -0.1) is 0 Å². The number of halogens is 1. The molecule has 1 N–H and O–H groups in total. The Morgan fingerprint density at radius 1 is 1.12 bits per heavy atom. The van der Waals surface area contributed by atoms with Gasteiger partial charge in [0.25, 0.3) is 5.91 Å². The van der Waals surface area contributed by atoms with Gasteiger partial charge in [0.1, 0.15) is 0 Å². The van der Waals surface area contributed by atoms with E-state index < -0.39 is 15.9 Å². The van der Waals surface area contributed by atoms with Crippen molar-refractivity contribution < 1.29 is 13.2 Å². The van der Waals surface area contributed by atoms with Gasteiger partial charge in [-0.2, -0.15) is 9.41 Å². The maximum Gasteiger partial charge on any atom is 0.271 e. The van der Waals surface area contributed by atoms with Crippen LogP contribution in [0.4, 0.5) is 0 Å². The van der Waals surface area contributed by atoms with Crippen molar-refractivity contribution in [3.05, 3.63) is 64.1 Å². The number of carbonyl (C=O) groups is 1. The van der Waals surface area contributed by atoms with Gasteiger partial charge < -0.3 is 0 Å². The number of sulfonamides is 1. The van der Waals surface area contributed by atoms with Gasteiger partial charge in [0.05, 0.1) is 11.1 Å². The van der Waals surface area contributed by atoms with E-state index in [0.717, 1.165) is 22.9 Å². The van der Waals surface area contributed by atoms with Crippen LogP contribution in [-0.4, -0.2) is 37.9 Å². The van der Waals surface area contributed by atoms with Gasteiger partial charge in [-0.3, -0.25) is 4.79 Å². The Kier molecular flexibility index (Phi) is 5.85. The van der Waals surface area contributed by atoms with Crippen LogP contribution in [-0.2, 0) is 10.0 Å². The number of rotatable bonds is 5. The van der Waals surface area contributed by atoms with Crippen LogP contribution in [0.3, 0.4) is 0 Å². The van der Waals surface area contributed by atoms with E-state index in [9.17, 15) is 13.2 Å². The van der Waals surface area contributed by atoms with Gasteiger partial charge in [-0.05, 0) is 48.7 Å². The zero-order valence-electron chi connectivity index (χ0n) is 13.9. The minimum Gasteiger partial charge on any atom is -0.267 e. The molecule has 8 heteroatoms. The lowest BCUT2D eigenvalue weighted by molar-refractivity contribution is 0.0955. The lowest BCUT2D eigenvalue weighted by Crippen LogP contribution is -2.28. The second-order valence-electron chi connectivity index (χ2n) is 5.89. The normalized spacial score (nSPS) is 15.4. The Bertz CT molecular complexity index is 938. The largest absolute Gasteiger partial charge is 0.271 e. The Labute approximate surface area is 161 Å². The molecule has 0 atom stereocenters.